The van der Waals surface area contributed by atoms with Crippen molar-refractivity contribution in [1.82, 2.24) is 14.8 Å². The summed E-state index contributed by atoms with van der Waals surface area (Å²) >= 11 is 0. The molecule has 6 rings (SSSR count). The maximum atomic E-state index is 14.3. The van der Waals surface area contributed by atoms with Gasteiger partial charge in [0, 0.05) is 51.7 Å². The summed E-state index contributed by atoms with van der Waals surface area (Å²) < 4.78 is 54.8. The summed E-state index contributed by atoms with van der Waals surface area (Å²) in [5.41, 5.74) is 1.40. The molecule has 2 aromatic rings. The zero-order valence-electron chi connectivity index (χ0n) is 28.2. The van der Waals surface area contributed by atoms with Crippen molar-refractivity contribution in [2.45, 2.75) is 90.0 Å². The van der Waals surface area contributed by atoms with Gasteiger partial charge >= 0.3 is 0 Å². The number of fused-ring (bicyclic) bond motifs is 3. The maximum absolute atomic E-state index is 14.3. The number of benzene rings is 1. The normalized spacial score (nSPS) is 30.1. The summed E-state index contributed by atoms with van der Waals surface area (Å²) in [5, 5.41) is 10.5. The first kappa shape index (κ1) is 20.6. The molecule has 0 unspecified atom stereocenters. The molecule has 0 radical (unpaired) electrons. The van der Waals surface area contributed by atoms with Crippen LogP contribution in [-0.4, -0.2) is 53.0 Å². The Morgan fingerprint density at radius 3 is 2.51 bits per heavy atom. The molecule has 0 bridgehead atoms. The van der Waals surface area contributed by atoms with E-state index in [1.165, 1.54) is 4.90 Å². The van der Waals surface area contributed by atoms with E-state index in [1.54, 1.807) is 33.9 Å². The lowest BCUT2D eigenvalue weighted by Gasteiger charge is -2.39. The maximum Gasteiger partial charge on any atom is 0.254 e. The lowest BCUT2D eigenvalue weighted by molar-refractivity contribution is -0.123. The number of aromatic amines is 1. The first-order valence-corrected chi connectivity index (χ1v) is 13.7. The van der Waals surface area contributed by atoms with Crippen LogP contribution >= 0.6 is 0 Å². The van der Waals surface area contributed by atoms with Crippen LogP contribution in [0, 0.1) is 38.0 Å². The van der Waals surface area contributed by atoms with E-state index in [1.807, 2.05) is 6.92 Å². The third-order valence-corrected chi connectivity index (χ3v) is 9.20. The topological polar surface area (TPSA) is 98.7 Å². The largest absolute Gasteiger partial charge is 0.448 e. The molecule has 1 N–H and O–H groups in total. The van der Waals surface area contributed by atoms with Crippen LogP contribution in [0.5, 0.6) is 11.5 Å². The van der Waals surface area contributed by atoms with Gasteiger partial charge in [-0.05, 0) is 90.5 Å². The quantitative estimate of drug-likeness (QED) is 0.620. The van der Waals surface area contributed by atoms with Gasteiger partial charge in [0.15, 0.2) is 11.5 Å². The molecule has 2 aliphatic heterocycles. The second-order valence-electron chi connectivity index (χ2n) is 11.9. The zero-order chi connectivity index (χ0) is 32.1. The smallest absolute Gasteiger partial charge is 0.254 e. The molecule has 1 spiro atoms. The van der Waals surface area contributed by atoms with Gasteiger partial charge in [0.1, 0.15) is 11.6 Å². The highest BCUT2D eigenvalue weighted by Gasteiger charge is 2.56. The molecule has 4 aliphatic rings. The molecular formula is C31H38N4O4. The number of rotatable bonds is 4. The number of nitrogens with one attached hydrogen (secondary N) is 1. The molecule has 39 heavy (non-hydrogen) atoms. The Bertz CT molecular complexity index is 1670. The Morgan fingerprint density at radius 2 is 1.90 bits per heavy atom. The molecule has 3 heterocycles. The predicted octanol–water partition coefficient (Wildman–Crippen LogP) is 4.47. The minimum Gasteiger partial charge on any atom is -0.448 e. The Kier molecular flexibility index (Phi) is 4.67. The van der Waals surface area contributed by atoms with Crippen molar-refractivity contribution in [2.75, 3.05) is 20.5 Å². The Labute approximate surface area is 236 Å². The van der Waals surface area contributed by atoms with Gasteiger partial charge < -0.3 is 24.3 Å². The molecule has 1 aromatic carbocycles. The molecule has 2 aliphatic carbocycles. The fourth-order valence-corrected chi connectivity index (χ4v) is 6.81. The van der Waals surface area contributed by atoms with Crippen LogP contribution in [0.2, 0.25) is 0 Å². The van der Waals surface area contributed by atoms with Crippen LogP contribution < -0.4 is 15.0 Å². The summed E-state index contributed by atoms with van der Waals surface area (Å²) in [6.07, 6.45) is 3.47. The average Bonchev–Trinajstić information content (AvgIpc) is 3.67. The van der Waals surface area contributed by atoms with E-state index in [-0.39, 0.29) is 40.9 Å². The van der Waals surface area contributed by atoms with Crippen molar-refractivity contribution in [3.05, 3.63) is 55.5 Å². The number of nitriles is 1. The molecule has 1 aromatic heterocycles. The Balaban J connectivity index is 1.39. The van der Waals surface area contributed by atoms with Gasteiger partial charge in [0.25, 0.3) is 17.3 Å². The van der Waals surface area contributed by atoms with Crippen molar-refractivity contribution in [3.8, 4) is 17.6 Å². The molecular weight excluding hydrogens is 492 g/mol. The number of aryl methyl sites for hydroxylation is 2. The number of hydrogen-bond donors (Lipinski definition) is 1. The first-order chi connectivity index (χ1) is 20.5. The predicted molar refractivity (Wildman–Crippen MR) is 147 cm³/mol. The molecule has 0 saturated heterocycles. The number of carbonyl (C=O) groups excluding carboxylic acids is 1. The van der Waals surface area contributed by atoms with Crippen molar-refractivity contribution in [2.24, 2.45) is 5.92 Å². The van der Waals surface area contributed by atoms with Gasteiger partial charge in [-0.1, -0.05) is 0 Å². The summed E-state index contributed by atoms with van der Waals surface area (Å²) in [7, 11) is 1.62. The third-order valence-electron chi connectivity index (χ3n) is 9.20. The molecule has 1 amide bonds. The lowest BCUT2D eigenvalue weighted by atomic mass is 9.80. The molecule has 206 valence electrons. The molecule has 2 saturated carbocycles. The van der Waals surface area contributed by atoms with Crippen LogP contribution in [0.25, 0.3) is 0 Å². The van der Waals surface area contributed by atoms with E-state index in [4.69, 9.17) is 13.6 Å². The summed E-state index contributed by atoms with van der Waals surface area (Å²) in [6.45, 7) is 2.55. The SMILES string of the molecule is [2H]C([2H])([2H])N(C)C1CCC([C@]2(C)Oc3c(C)c4c(c(C#N)c3O2)C2(CC2)C([2H])([2H])N(Cc2c(C)cc(C)[nH]c2=O)C4=O)CC1. The number of aromatic nitrogens is 1. The van der Waals surface area contributed by atoms with Crippen molar-refractivity contribution < 1.29 is 21.1 Å². The summed E-state index contributed by atoms with van der Waals surface area (Å²) in [5.74, 6) is -1.28. The fourth-order valence-electron chi connectivity index (χ4n) is 6.81. The Morgan fingerprint density at radius 1 is 1.21 bits per heavy atom. The molecule has 2 fully saturated rings. The van der Waals surface area contributed by atoms with Gasteiger partial charge in [-0.2, -0.15) is 5.26 Å². The number of nitrogens with zero attached hydrogens (tertiary/aromatic N) is 3. The highest BCUT2D eigenvalue weighted by molar-refractivity contribution is 6.01. The summed E-state index contributed by atoms with van der Waals surface area (Å²) in [4.78, 5) is 32.5. The molecule has 8 heteroatoms. The van der Waals surface area contributed by atoms with Crippen molar-refractivity contribution in [1.29, 1.82) is 5.26 Å². The first-order valence-electron chi connectivity index (χ1n) is 16.2. The lowest BCUT2D eigenvalue weighted by Crippen LogP contribution is -2.46. The van der Waals surface area contributed by atoms with Crippen LogP contribution in [0.15, 0.2) is 10.9 Å². The minimum atomic E-state index is -2.17. The number of pyridine rings is 1. The third kappa shape index (κ3) is 3.97. The standard InChI is InChI=1S/C31H38N4O4/c1-17-13-18(2)33-28(36)23(17)15-35-16-31(11-12-31)25-22(14-32)27-26(19(3)24(25)29(35)37)38-30(4,39-27)20-7-9-21(10-8-20)34(5)6/h13,20-21H,7-12,15-16H2,1-6H3,(H,33,36)/t20?,21?,30-/m1/s1/i5D3,16D2. The van der Waals surface area contributed by atoms with Crippen LogP contribution in [0.1, 0.15) is 96.2 Å². The number of amides is 1. The monoisotopic (exact) mass is 535 g/mol. The highest BCUT2D eigenvalue weighted by atomic mass is 16.7. The van der Waals surface area contributed by atoms with Crippen molar-refractivity contribution in [3.63, 3.8) is 0 Å². The van der Waals surface area contributed by atoms with Crippen LogP contribution in [0.4, 0.5) is 0 Å². The zero-order valence-corrected chi connectivity index (χ0v) is 23.2. The second kappa shape index (κ2) is 8.85. The van der Waals surface area contributed by atoms with Gasteiger partial charge in [-0.25, -0.2) is 0 Å². The van der Waals surface area contributed by atoms with Gasteiger partial charge in [-0.15, -0.1) is 0 Å². The van der Waals surface area contributed by atoms with E-state index >= 15 is 0 Å². The average molecular weight is 536 g/mol. The second-order valence-corrected chi connectivity index (χ2v) is 11.9. The summed E-state index contributed by atoms with van der Waals surface area (Å²) in [6, 6.07) is 3.94. The van der Waals surface area contributed by atoms with Gasteiger partial charge in [-0.3, -0.25) is 9.59 Å². The van der Waals surface area contributed by atoms with Gasteiger partial charge in [0.2, 0.25) is 0 Å². The minimum absolute atomic E-state index is 0.0936. The van der Waals surface area contributed by atoms with E-state index in [2.05, 4.69) is 11.1 Å². The van der Waals surface area contributed by atoms with E-state index in [9.17, 15) is 17.6 Å². The number of H-pyrrole nitrogens is 1. The number of ether oxygens (including phenoxy) is 2. The van der Waals surface area contributed by atoms with Crippen LogP contribution in [0.3, 0.4) is 0 Å². The van der Waals surface area contributed by atoms with Crippen LogP contribution in [-0.2, 0) is 12.0 Å². The fraction of sp³-hybridized carbons (Fsp3) is 0.581. The molecule has 8 nitrogen and oxygen atoms in total. The van der Waals surface area contributed by atoms with Gasteiger partial charge in [0.05, 0.1) is 14.8 Å². The van der Waals surface area contributed by atoms with E-state index in [0.717, 1.165) is 4.90 Å². The highest BCUT2D eigenvalue weighted by Crippen LogP contribution is 2.60. The molecule has 1 atom stereocenters. The van der Waals surface area contributed by atoms with Crippen molar-refractivity contribution >= 4 is 5.91 Å². The number of hydrogen-bond acceptors (Lipinski definition) is 6. The van der Waals surface area contributed by atoms with E-state index < -0.39 is 30.6 Å². The number of carbonyl (C=O) groups is 1. The van der Waals surface area contributed by atoms with E-state index in [0.29, 0.717) is 72.2 Å². The Hall–Kier alpha value is -3.31.